The molecule has 5 heteroatoms. The number of hydrogen-bond acceptors (Lipinski definition) is 1. The summed E-state index contributed by atoms with van der Waals surface area (Å²) >= 11 is 0. The SMILES string of the molecule is C[C@H](O)Cc1cc(F)cc(C(F)(F)F)c1. The molecule has 1 rings (SSSR count). The molecule has 1 nitrogen and oxygen atoms in total. The van der Waals surface area contributed by atoms with Crippen LogP contribution in [-0.4, -0.2) is 11.2 Å². The van der Waals surface area contributed by atoms with Crippen molar-refractivity contribution in [2.75, 3.05) is 0 Å². The molecule has 0 unspecified atom stereocenters. The number of aliphatic hydroxyl groups excluding tert-OH is 1. The fraction of sp³-hybridized carbons (Fsp3) is 0.400. The quantitative estimate of drug-likeness (QED) is 0.763. The van der Waals surface area contributed by atoms with Crippen LogP contribution in [0.2, 0.25) is 0 Å². The summed E-state index contributed by atoms with van der Waals surface area (Å²) in [4.78, 5) is 0. The lowest BCUT2D eigenvalue weighted by Crippen LogP contribution is -2.09. The van der Waals surface area contributed by atoms with Crippen LogP contribution in [0.15, 0.2) is 18.2 Å². The standard InChI is InChI=1S/C10H10F4O/c1-6(15)2-7-3-8(10(12,13)14)5-9(11)4-7/h3-6,15H,2H2,1H3/t6-/m0/s1. The van der Waals surface area contributed by atoms with Gasteiger partial charge in [0.1, 0.15) is 5.82 Å². The van der Waals surface area contributed by atoms with Crippen molar-refractivity contribution in [2.24, 2.45) is 0 Å². The zero-order chi connectivity index (χ0) is 11.6. The molecule has 0 bridgehead atoms. The summed E-state index contributed by atoms with van der Waals surface area (Å²) in [6.07, 6.45) is -5.36. The van der Waals surface area contributed by atoms with Gasteiger partial charge in [0, 0.05) is 0 Å². The number of benzene rings is 1. The first kappa shape index (κ1) is 12.0. The van der Waals surface area contributed by atoms with Gasteiger partial charge in [0.15, 0.2) is 0 Å². The molecular weight excluding hydrogens is 212 g/mol. The third-order valence-electron chi connectivity index (χ3n) is 1.82. The largest absolute Gasteiger partial charge is 0.416 e. The third kappa shape index (κ3) is 3.51. The normalized spacial score (nSPS) is 14.0. The van der Waals surface area contributed by atoms with E-state index in [2.05, 4.69) is 0 Å². The average molecular weight is 222 g/mol. The van der Waals surface area contributed by atoms with Crippen LogP contribution >= 0.6 is 0 Å². The van der Waals surface area contributed by atoms with Gasteiger partial charge in [-0.05, 0) is 37.1 Å². The van der Waals surface area contributed by atoms with Gasteiger partial charge in [-0.15, -0.1) is 0 Å². The molecular formula is C10H10F4O. The summed E-state index contributed by atoms with van der Waals surface area (Å²) in [5.41, 5.74) is -0.893. The highest BCUT2D eigenvalue weighted by molar-refractivity contribution is 5.27. The smallest absolute Gasteiger partial charge is 0.393 e. The highest BCUT2D eigenvalue weighted by Crippen LogP contribution is 2.30. The van der Waals surface area contributed by atoms with E-state index >= 15 is 0 Å². The summed E-state index contributed by atoms with van der Waals surface area (Å²) in [7, 11) is 0. The van der Waals surface area contributed by atoms with Crippen LogP contribution in [0.1, 0.15) is 18.1 Å². The number of halogens is 4. The van der Waals surface area contributed by atoms with Gasteiger partial charge >= 0.3 is 6.18 Å². The first-order valence-electron chi connectivity index (χ1n) is 4.34. The minimum absolute atomic E-state index is 0.000833. The lowest BCUT2D eigenvalue weighted by Gasteiger charge is -2.10. The van der Waals surface area contributed by atoms with Crippen molar-refractivity contribution in [3.63, 3.8) is 0 Å². The highest BCUT2D eigenvalue weighted by Gasteiger charge is 2.31. The third-order valence-corrected chi connectivity index (χ3v) is 1.82. The number of aliphatic hydroxyl groups is 1. The molecule has 0 amide bonds. The maximum absolute atomic E-state index is 12.8. The molecule has 1 atom stereocenters. The van der Waals surface area contributed by atoms with E-state index in [0.717, 1.165) is 12.1 Å². The molecule has 0 fully saturated rings. The maximum atomic E-state index is 12.8. The van der Waals surface area contributed by atoms with E-state index in [1.807, 2.05) is 0 Å². The zero-order valence-electron chi connectivity index (χ0n) is 7.98. The van der Waals surface area contributed by atoms with E-state index in [1.54, 1.807) is 0 Å². The molecule has 84 valence electrons. The van der Waals surface area contributed by atoms with Crippen molar-refractivity contribution in [3.8, 4) is 0 Å². The number of rotatable bonds is 2. The van der Waals surface area contributed by atoms with Gasteiger partial charge in [-0.2, -0.15) is 13.2 Å². The first-order valence-corrected chi connectivity index (χ1v) is 4.34. The lowest BCUT2D eigenvalue weighted by molar-refractivity contribution is -0.137. The van der Waals surface area contributed by atoms with Crippen LogP contribution in [-0.2, 0) is 12.6 Å². The summed E-state index contributed by atoms with van der Waals surface area (Å²) < 4.78 is 49.6. The average Bonchev–Trinajstić information content (AvgIpc) is 1.99. The predicted octanol–water partition coefficient (Wildman–Crippen LogP) is 2.77. The highest BCUT2D eigenvalue weighted by atomic mass is 19.4. The Bertz CT molecular complexity index is 344. The topological polar surface area (TPSA) is 20.2 Å². The summed E-state index contributed by atoms with van der Waals surface area (Å²) in [5, 5.41) is 8.99. The minimum atomic E-state index is -4.56. The Balaban J connectivity index is 3.06. The van der Waals surface area contributed by atoms with Crippen molar-refractivity contribution < 1.29 is 22.7 Å². The van der Waals surface area contributed by atoms with Crippen molar-refractivity contribution in [3.05, 3.63) is 35.1 Å². The van der Waals surface area contributed by atoms with E-state index in [0.29, 0.717) is 6.07 Å². The van der Waals surface area contributed by atoms with Crippen LogP contribution < -0.4 is 0 Å². The maximum Gasteiger partial charge on any atom is 0.416 e. The number of hydrogen-bond donors (Lipinski definition) is 1. The predicted molar refractivity (Wildman–Crippen MR) is 46.8 cm³/mol. The van der Waals surface area contributed by atoms with Crippen LogP contribution in [0, 0.1) is 5.82 Å². The Kier molecular flexibility index (Phi) is 3.34. The molecule has 0 aromatic heterocycles. The van der Waals surface area contributed by atoms with E-state index in [4.69, 9.17) is 5.11 Å². The first-order chi connectivity index (χ1) is 6.79. The molecule has 15 heavy (non-hydrogen) atoms. The molecule has 0 aliphatic carbocycles. The fourth-order valence-electron chi connectivity index (χ4n) is 1.27. The van der Waals surface area contributed by atoms with E-state index in [9.17, 15) is 17.6 Å². The van der Waals surface area contributed by atoms with Gasteiger partial charge in [-0.1, -0.05) is 0 Å². The van der Waals surface area contributed by atoms with Gasteiger partial charge in [-0.25, -0.2) is 4.39 Å². The van der Waals surface area contributed by atoms with Gasteiger partial charge in [0.2, 0.25) is 0 Å². The van der Waals surface area contributed by atoms with Crippen molar-refractivity contribution in [2.45, 2.75) is 25.6 Å². The van der Waals surface area contributed by atoms with Crippen LogP contribution in [0.5, 0.6) is 0 Å². The zero-order valence-corrected chi connectivity index (χ0v) is 7.98. The second-order valence-corrected chi connectivity index (χ2v) is 3.40. The fourth-order valence-corrected chi connectivity index (χ4v) is 1.27. The van der Waals surface area contributed by atoms with Gasteiger partial charge in [-0.3, -0.25) is 0 Å². The summed E-state index contributed by atoms with van der Waals surface area (Å²) in [6.45, 7) is 1.43. The summed E-state index contributed by atoms with van der Waals surface area (Å²) in [6, 6.07) is 2.27. The van der Waals surface area contributed by atoms with E-state index in [-0.39, 0.29) is 12.0 Å². The molecule has 0 aliphatic rings. The van der Waals surface area contributed by atoms with Crippen LogP contribution in [0.4, 0.5) is 17.6 Å². The van der Waals surface area contributed by atoms with Gasteiger partial charge in [0.05, 0.1) is 11.7 Å². The van der Waals surface area contributed by atoms with E-state index in [1.165, 1.54) is 6.92 Å². The molecule has 0 aliphatic heterocycles. The Morgan fingerprint density at radius 1 is 1.27 bits per heavy atom. The molecule has 0 saturated carbocycles. The second kappa shape index (κ2) is 4.18. The van der Waals surface area contributed by atoms with Crippen molar-refractivity contribution >= 4 is 0 Å². The molecule has 1 N–H and O–H groups in total. The molecule has 0 spiro atoms. The number of alkyl halides is 3. The second-order valence-electron chi connectivity index (χ2n) is 3.40. The molecule has 0 radical (unpaired) electrons. The lowest BCUT2D eigenvalue weighted by atomic mass is 10.1. The Morgan fingerprint density at radius 2 is 1.87 bits per heavy atom. The van der Waals surface area contributed by atoms with Crippen molar-refractivity contribution in [1.82, 2.24) is 0 Å². The molecule has 0 saturated heterocycles. The van der Waals surface area contributed by atoms with Crippen LogP contribution in [0.25, 0.3) is 0 Å². The molecule has 1 aromatic rings. The monoisotopic (exact) mass is 222 g/mol. The van der Waals surface area contributed by atoms with E-state index < -0.39 is 23.7 Å². The van der Waals surface area contributed by atoms with Crippen LogP contribution in [0.3, 0.4) is 0 Å². The van der Waals surface area contributed by atoms with Gasteiger partial charge in [0.25, 0.3) is 0 Å². The van der Waals surface area contributed by atoms with Gasteiger partial charge < -0.3 is 5.11 Å². The molecule has 1 aromatic carbocycles. The Hall–Kier alpha value is -1.10. The van der Waals surface area contributed by atoms with Crippen molar-refractivity contribution in [1.29, 1.82) is 0 Å². The minimum Gasteiger partial charge on any atom is -0.393 e. The summed E-state index contributed by atoms with van der Waals surface area (Å²) in [5.74, 6) is -0.944. The Morgan fingerprint density at radius 3 is 2.33 bits per heavy atom. The Labute approximate surface area is 84.3 Å². The molecule has 0 heterocycles.